The number of hydrogen-bond acceptors (Lipinski definition) is 5. The molecule has 138 valence electrons. The van der Waals surface area contributed by atoms with Crippen LogP contribution in [0.3, 0.4) is 0 Å². The fourth-order valence-corrected chi connectivity index (χ4v) is 2.96. The standard InChI is InChI=1S/C17H22N4O2.2ClH/c22-16(12-18-11-13-5-6-13)20-7-9-21(10-8-20)17-19-14-3-1-2-4-15(14)23-17;;/h1-4,13,18H,5-12H2;2*1H. The van der Waals surface area contributed by atoms with E-state index < -0.39 is 0 Å². The molecular weight excluding hydrogens is 363 g/mol. The predicted octanol–water partition coefficient (Wildman–Crippen LogP) is 2.32. The van der Waals surface area contributed by atoms with E-state index in [1.54, 1.807) is 0 Å². The van der Waals surface area contributed by atoms with Gasteiger partial charge in [0.2, 0.25) is 5.91 Å². The molecule has 0 unspecified atom stereocenters. The van der Waals surface area contributed by atoms with Gasteiger partial charge in [0.1, 0.15) is 5.52 Å². The Hall–Kier alpha value is -1.50. The van der Waals surface area contributed by atoms with Crippen molar-refractivity contribution in [2.75, 3.05) is 44.2 Å². The van der Waals surface area contributed by atoms with Gasteiger partial charge in [-0.05, 0) is 37.4 Å². The number of carbonyl (C=O) groups excluding carboxylic acids is 1. The average Bonchev–Trinajstić information content (AvgIpc) is 3.30. The molecule has 4 rings (SSSR count). The molecule has 0 radical (unpaired) electrons. The quantitative estimate of drug-likeness (QED) is 0.853. The highest BCUT2D eigenvalue weighted by molar-refractivity contribution is 5.85. The molecule has 1 saturated heterocycles. The van der Waals surface area contributed by atoms with Crippen LogP contribution < -0.4 is 10.2 Å². The lowest BCUT2D eigenvalue weighted by molar-refractivity contribution is -0.130. The first kappa shape index (κ1) is 19.8. The molecule has 1 aliphatic carbocycles. The number of oxazole rings is 1. The first-order valence-corrected chi connectivity index (χ1v) is 8.38. The van der Waals surface area contributed by atoms with Crippen LogP contribution in [0.5, 0.6) is 0 Å². The highest BCUT2D eigenvalue weighted by Crippen LogP contribution is 2.27. The number of rotatable bonds is 5. The third kappa shape index (κ3) is 4.77. The Morgan fingerprint density at radius 2 is 1.88 bits per heavy atom. The van der Waals surface area contributed by atoms with Gasteiger partial charge in [0, 0.05) is 26.2 Å². The maximum Gasteiger partial charge on any atom is 0.298 e. The summed E-state index contributed by atoms with van der Waals surface area (Å²) in [5, 5.41) is 3.27. The van der Waals surface area contributed by atoms with Crippen LogP contribution in [0.4, 0.5) is 6.01 Å². The summed E-state index contributed by atoms with van der Waals surface area (Å²) in [5.41, 5.74) is 1.69. The molecule has 1 aromatic heterocycles. The Morgan fingerprint density at radius 1 is 1.16 bits per heavy atom. The number of fused-ring (bicyclic) bond motifs is 1. The third-order valence-corrected chi connectivity index (χ3v) is 4.59. The molecule has 2 aliphatic rings. The Labute approximate surface area is 159 Å². The van der Waals surface area contributed by atoms with Crippen molar-refractivity contribution in [2.24, 2.45) is 5.92 Å². The van der Waals surface area contributed by atoms with E-state index in [4.69, 9.17) is 4.42 Å². The number of nitrogens with one attached hydrogen (secondary N) is 1. The molecule has 1 aliphatic heterocycles. The molecule has 2 fully saturated rings. The van der Waals surface area contributed by atoms with Crippen LogP contribution in [-0.4, -0.2) is 55.1 Å². The van der Waals surface area contributed by atoms with Crippen molar-refractivity contribution < 1.29 is 9.21 Å². The number of aromatic nitrogens is 1. The minimum atomic E-state index is 0. The molecule has 0 atom stereocenters. The topological polar surface area (TPSA) is 61.6 Å². The molecule has 1 saturated carbocycles. The summed E-state index contributed by atoms with van der Waals surface area (Å²) in [6.45, 7) is 4.42. The van der Waals surface area contributed by atoms with Crippen molar-refractivity contribution >= 4 is 47.8 Å². The summed E-state index contributed by atoms with van der Waals surface area (Å²) in [5.74, 6) is 1.00. The SMILES string of the molecule is Cl.Cl.O=C(CNCC1CC1)N1CCN(c2nc3ccccc3o2)CC1. The third-order valence-electron chi connectivity index (χ3n) is 4.59. The van der Waals surface area contributed by atoms with Gasteiger partial charge in [-0.2, -0.15) is 4.98 Å². The zero-order chi connectivity index (χ0) is 15.6. The number of carbonyl (C=O) groups is 1. The average molecular weight is 387 g/mol. The molecule has 1 aromatic carbocycles. The smallest absolute Gasteiger partial charge is 0.298 e. The zero-order valence-corrected chi connectivity index (χ0v) is 15.7. The number of amides is 1. The molecule has 6 nitrogen and oxygen atoms in total. The van der Waals surface area contributed by atoms with Gasteiger partial charge in [0.25, 0.3) is 6.01 Å². The summed E-state index contributed by atoms with van der Waals surface area (Å²) in [7, 11) is 0. The lowest BCUT2D eigenvalue weighted by Crippen LogP contribution is -2.51. The van der Waals surface area contributed by atoms with Gasteiger partial charge in [-0.15, -0.1) is 24.8 Å². The summed E-state index contributed by atoms with van der Waals surface area (Å²) >= 11 is 0. The number of piperazine rings is 1. The van der Waals surface area contributed by atoms with Crippen molar-refractivity contribution in [1.29, 1.82) is 0 Å². The second-order valence-corrected chi connectivity index (χ2v) is 6.41. The van der Waals surface area contributed by atoms with Gasteiger partial charge in [0.15, 0.2) is 5.58 Å². The van der Waals surface area contributed by atoms with Gasteiger partial charge < -0.3 is 19.5 Å². The summed E-state index contributed by atoms with van der Waals surface area (Å²) < 4.78 is 5.80. The van der Waals surface area contributed by atoms with E-state index in [0.717, 1.165) is 49.7 Å². The van der Waals surface area contributed by atoms with Crippen molar-refractivity contribution in [2.45, 2.75) is 12.8 Å². The number of halogens is 2. The van der Waals surface area contributed by atoms with E-state index >= 15 is 0 Å². The minimum absolute atomic E-state index is 0. The van der Waals surface area contributed by atoms with E-state index in [2.05, 4.69) is 15.2 Å². The maximum atomic E-state index is 12.2. The molecule has 0 bridgehead atoms. The molecular formula is C17H24Cl2N4O2. The van der Waals surface area contributed by atoms with Crippen molar-refractivity contribution in [3.63, 3.8) is 0 Å². The Morgan fingerprint density at radius 3 is 2.56 bits per heavy atom. The predicted molar refractivity (Wildman–Crippen MR) is 103 cm³/mol. The summed E-state index contributed by atoms with van der Waals surface area (Å²) in [4.78, 5) is 20.8. The van der Waals surface area contributed by atoms with E-state index in [1.807, 2.05) is 29.2 Å². The van der Waals surface area contributed by atoms with E-state index in [1.165, 1.54) is 12.8 Å². The lowest BCUT2D eigenvalue weighted by Gasteiger charge is -2.33. The van der Waals surface area contributed by atoms with E-state index in [0.29, 0.717) is 12.6 Å². The van der Waals surface area contributed by atoms with Crippen molar-refractivity contribution in [1.82, 2.24) is 15.2 Å². The summed E-state index contributed by atoms with van der Waals surface area (Å²) in [6.07, 6.45) is 2.62. The number of para-hydroxylation sites is 2. The van der Waals surface area contributed by atoms with E-state index in [-0.39, 0.29) is 30.7 Å². The first-order valence-electron chi connectivity index (χ1n) is 8.38. The molecule has 0 spiro atoms. The zero-order valence-electron chi connectivity index (χ0n) is 14.0. The van der Waals surface area contributed by atoms with Gasteiger partial charge >= 0.3 is 0 Å². The highest BCUT2D eigenvalue weighted by atomic mass is 35.5. The monoisotopic (exact) mass is 386 g/mol. The fraction of sp³-hybridized carbons (Fsp3) is 0.529. The van der Waals surface area contributed by atoms with Crippen molar-refractivity contribution in [3.05, 3.63) is 24.3 Å². The van der Waals surface area contributed by atoms with Gasteiger partial charge in [-0.25, -0.2) is 0 Å². The Balaban J connectivity index is 0.00000113. The molecule has 8 heteroatoms. The van der Waals surface area contributed by atoms with Crippen LogP contribution in [0.15, 0.2) is 28.7 Å². The molecule has 2 heterocycles. The number of anilines is 1. The highest BCUT2D eigenvalue weighted by Gasteiger charge is 2.25. The van der Waals surface area contributed by atoms with Gasteiger partial charge in [-0.3, -0.25) is 4.79 Å². The molecule has 2 aromatic rings. The fourth-order valence-electron chi connectivity index (χ4n) is 2.96. The van der Waals surface area contributed by atoms with Crippen LogP contribution >= 0.6 is 24.8 Å². The summed E-state index contributed by atoms with van der Waals surface area (Å²) in [6, 6.07) is 8.44. The largest absolute Gasteiger partial charge is 0.423 e. The van der Waals surface area contributed by atoms with E-state index in [9.17, 15) is 4.79 Å². The Kier molecular flexibility index (Phi) is 6.93. The lowest BCUT2D eigenvalue weighted by atomic mass is 10.3. The van der Waals surface area contributed by atoms with Crippen LogP contribution in [0, 0.1) is 5.92 Å². The number of benzene rings is 1. The minimum Gasteiger partial charge on any atom is -0.423 e. The van der Waals surface area contributed by atoms with Crippen LogP contribution in [0.25, 0.3) is 11.1 Å². The van der Waals surface area contributed by atoms with Crippen LogP contribution in [-0.2, 0) is 4.79 Å². The maximum absolute atomic E-state index is 12.2. The number of nitrogens with zero attached hydrogens (tertiary/aromatic N) is 3. The first-order chi connectivity index (χ1) is 11.3. The normalized spacial score (nSPS) is 17.1. The number of hydrogen-bond donors (Lipinski definition) is 1. The molecule has 25 heavy (non-hydrogen) atoms. The van der Waals surface area contributed by atoms with Crippen LogP contribution in [0.1, 0.15) is 12.8 Å². The van der Waals surface area contributed by atoms with Gasteiger partial charge in [0.05, 0.1) is 6.54 Å². The molecule has 1 N–H and O–H groups in total. The van der Waals surface area contributed by atoms with Crippen LogP contribution in [0.2, 0.25) is 0 Å². The molecule has 1 amide bonds. The van der Waals surface area contributed by atoms with Crippen molar-refractivity contribution in [3.8, 4) is 0 Å². The van der Waals surface area contributed by atoms with Gasteiger partial charge in [-0.1, -0.05) is 12.1 Å². The Bertz CT molecular complexity index is 664. The second-order valence-electron chi connectivity index (χ2n) is 6.41. The second kappa shape index (κ2) is 8.74.